The Morgan fingerprint density at radius 2 is 1.39 bits per heavy atom. The minimum atomic E-state index is -4.16. The van der Waals surface area contributed by atoms with Gasteiger partial charge in [0.05, 0.1) is 17.0 Å². The normalized spacial score (nSPS) is 20.6. The third-order valence-corrected chi connectivity index (χ3v) is 7.81. The molecule has 164 valence electrons. The summed E-state index contributed by atoms with van der Waals surface area (Å²) >= 11 is 0. The maximum absolute atomic E-state index is 13.5. The van der Waals surface area contributed by atoms with E-state index in [0.29, 0.717) is 12.8 Å². The molecule has 1 atom stereocenters. The number of carbonyl (C=O) groups is 2. The SMILES string of the molecule is O=C1CC(N(C2CCCCC2)S(=O)(=O)c2ccc(F)cc2)C(=O)N1c1ccc(F)cc1. The molecular weight excluding hydrogens is 426 g/mol. The number of hydrogen-bond acceptors (Lipinski definition) is 4. The number of benzene rings is 2. The van der Waals surface area contributed by atoms with Gasteiger partial charge in [0, 0.05) is 6.04 Å². The molecule has 2 fully saturated rings. The predicted molar refractivity (Wildman–Crippen MR) is 110 cm³/mol. The molecule has 1 saturated carbocycles. The van der Waals surface area contributed by atoms with Crippen LogP contribution in [0.1, 0.15) is 38.5 Å². The summed E-state index contributed by atoms with van der Waals surface area (Å²) in [6.07, 6.45) is 3.46. The van der Waals surface area contributed by atoms with Crippen LogP contribution in [0.2, 0.25) is 0 Å². The molecule has 1 saturated heterocycles. The van der Waals surface area contributed by atoms with Crippen LogP contribution in [0.15, 0.2) is 53.4 Å². The van der Waals surface area contributed by atoms with Gasteiger partial charge < -0.3 is 0 Å². The van der Waals surface area contributed by atoms with E-state index in [1.54, 1.807) is 0 Å². The summed E-state index contributed by atoms with van der Waals surface area (Å²) in [7, 11) is -4.16. The van der Waals surface area contributed by atoms with E-state index in [1.807, 2.05) is 0 Å². The topological polar surface area (TPSA) is 74.8 Å². The van der Waals surface area contributed by atoms with Crippen LogP contribution in [0.25, 0.3) is 0 Å². The van der Waals surface area contributed by atoms with E-state index < -0.39 is 45.6 Å². The highest BCUT2D eigenvalue weighted by atomic mass is 32.2. The molecule has 2 aliphatic rings. The molecule has 1 unspecified atom stereocenters. The summed E-state index contributed by atoms with van der Waals surface area (Å²) in [5.41, 5.74) is 0.196. The number of nitrogens with zero attached hydrogens (tertiary/aromatic N) is 2. The molecule has 2 amide bonds. The molecule has 1 aliphatic carbocycles. The molecule has 1 heterocycles. The summed E-state index contributed by atoms with van der Waals surface area (Å²) in [5.74, 6) is -2.29. The highest BCUT2D eigenvalue weighted by Crippen LogP contribution is 2.35. The number of amides is 2. The Kier molecular flexibility index (Phi) is 5.90. The molecule has 6 nitrogen and oxygen atoms in total. The van der Waals surface area contributed by atoms with Crippen molar-refractivity contribution in [2.75, 3.05) is 4.90 Å². The molecule has 2 aromatic rings. The molecule has 4 rings (SSSR count). The lowest BCUT2D eigenvalue weighted by Crippen LogP contribution is -2.51. The van der Waals surface area contributed by atoms with Crippen molar-refractivity contribution in [3.8, 4) is 0 Å². The van der Waals surface area contributed by atoms with Gasteiger partial charge in [0.1, 0.15) is 17.7 Å². The van der Waals surface area contributed by atoms with Crippen molar-refractivity contribution in [2.24, 2.45) is 0 Å². The van der Waals surface area contributed by atoms with E-state index in [9.17, 15) is 26.8 Å². The van der Waals surface area contributed by atoms with Gasteiger partial charge in [0.25, 0.3) is 5.91 Å². The average molecular weight is 448 g/mol. The lowest BCUT2D eigenvalue weighted by molar-refractivity contribution is -0.122. The first-order valence-corrected chi connectivity index (χ1v) is 11.6. The van der Waals surface area contributed by atoms with Gasteiger partial charge in [-0.15, -0.1) is 0 Å². The lowest BCUT2D eigenvalue weighted by atomic mass is 9.94. The first kappa shape index (κ1) is 21.6. The second kappa shape index (κ2) is 8.47. The fraction of sp³-hybridized carbons (Fsp3) is 0.364. The quantitative estimate of drug-likeness (QED) is 0.655. The van der Waals surface area contributed by atoms with Crippen molar-refractivity contribution in [2.45, 2.75) is 55.5 Å². The zero-order valence-corrected chi connectivity index (χ0v) is 17.5. The predicted octanol–water partition coefficient (Wildman–Crippen LogP) is 3.62. The first-order chi connectivity index (χ1) is 14.8. The van der Waals surface area contributed by atoms with E-state index in [-0.39, 0.29) is 17.0 Å². The Balaban J connectivity index is 1.73. The summed E-state index contributed by atoms with van der Waals surface area (Å²) < 4.78 is 54.9. The standard InChI is InChI=1S/C22H22F2N2O4S/c23-15-6-10-17(11-7-15)25-21(27)14-20(22(25)28)26(18-4-2-1-3-5-18)31(29,30)19-12-8-16(24)9-13-19/h6-13,18,20H,1-5,14H2. The maximum Gasteiger partial charge on any atom is 0.252 e. The molecule has 0 N–H and O–H groups in total. The molecule has 0 bridgehead atoms. The van der Waals surface area contributed by atoms with E-state index in [2.05, 4.69) is 0 Å². The van der Waals surface area contributed by atoms with E-state index in [4.69, 9.17) is 0 Å². The number of sulfonamides is 1. The Morgan fingerprint density at radius 3 is 1.97 bits per heavy atom. The monoisotopic (exact) mass is 448 g/mol. The maximum atomic E-state index is 13.5. The van der Waals surface area contributed by atoms with Crippen LogP contribution in [-0.2, 0) is 19.6 Å². The van der Waals surface area contributed by atoms with Gasteiger partial charge in [-0.3, -0.25) is 9.59 Å². The fourth-order valence-electron chi connectivity index (χ4n) is 4.36. The molecule has 9 heteroatoms. The van der Waals surface area contributed by atoms with Gasteiger partial charge in [-0.05, 0) is 61.4 Å². The minimum Gasteiger partial charge on any atom is -0.274 e. The van der Waals surface area contributed by atoms with E-state index >= 15 is 0 Å². The van der Waals surface area contributed by atoms with Crippen LogP contribution >= 0.6 is 0 Å². The van der Waals surface area contributed by atoms with Gasteiger partial charge in [-0.25, -0.2) is 22.1 Å². The van der Waals surface area contributed by atoms with Crippen LogP contribution in [-0.4, -0.2) is 36.6 Å². The van der Waals surface area contributed by atoms with Gasteiger partial charge in [0.15, 0.2) is 0 Å². The Hall–Kier alpha value is -2.65. The van der Waals surface area contributed by atoms with Crippen LogP contribution < -0.4 is 4.90 Å². The molecule has 2 aromatic carbocycles. The van der Waals surface area contributed by atoms with Crippen molar-refractivity contribution in [3.05, 3.63) is 60.2 Å². The molecule has 0 spiro atoms. The molecule has 0 aromatic heterocycles. The summed E-state index contributed by atoms with van der Waals surface area (Å²) in [6, 6.07) is 7.71. The van der Waals surface area contributed by atoms with Gasteiger partial charge >= 0.3 is 0 Å². The summed E-state index contributed by atoms with van der Waals surface area (Å²) in [4.78, 5) is 26.8. The third kappa shape index (κ3) is 4.12. The zero-order valence-electron chi connectivity index (χ0n) is 16.7. The number of hydrogen-bond donors (Lipinski definition) is 0. The van der Waals surface area contributed by atoms with Crippen LogP contribution in [0.5, 0.6) is 0 Å². The fourth-order valence-corrected chi connectivity index (χ4v) is 6.18. The Bertz CT molecular complexity index is 1080. The zero-order chi connectivity index (χ0) is 22.2. The third-order valence-electron chi connectivity index (χ3n) is 5.84. The average Bonchev–Trinajstić information content (AvgIpc) is 3.03. The molecular formula is C22H22F2N2O4S. The lowest BCUT2D eigenvalue weighted by Gasteiger charge is -2.36. The number of anilines is 1. The molecule has 0 radical (unpaired) electrons. The smallest absolute Gasteiger partial charge is 0.252 e. The van der Waals surface area contributed by atoms with Crippen molar-refractivity contribution in [1.29, 1.82) is 0 Å². The van der Waals surface area contributed by atoms with Crippen LogP contribution in [0.3, 0.4) is 0 Å². The Labute approximate surface area is 179 Å². The van der Waals surface area contributed by atoms with Crippen LogP contribution in [0.4, 0.5) is 14.5 Å². The van der Waals surface area contributed by atoms with Crippen LogP contribution in [0, 0.1) is 11.6 Å². The number of halogens is 2. The van der Waals surface area contributed by atoms with Crippen molar-refractivity contribution < 1.29 is 26.8 Å². The highest BCUT2D eigenvalue weighted by Gasteiger charge is 2.49. The van der Waals surface area contributed by atoms with Gasteiger partial charge in [-0.2, -0.15) is 4.31 Å². The second-order valence-corrected chi connectivity index (χ2v) is 9.69. The number of rotatable bonds is 5. The van der Waals surface area contributed by atoms with Crippen molar-refractivity contribution in [1.82, 2.24) is 4.31 Å². The van der Waals surface area contributed by atoms with Crippen molar-refractivity contribution in [3.63, 3.8) is 0 Å². The molecule has 1 aliphatic heterocycles. The number of imide groups is 1. The summed E-state index contributed by atoms with van der Waals surface area (Å²) in [6.45, 7) is 0. The Morgan fingerprint density at radius 1 is 0.839 bits per heavy atom. The van der Waals surface area contributed by atoms with Gasteiger partial charge in [0.2, 0.25) is 15.9 Å². The largest absolute Gasteiger partial charge is 0.274 e. The van der Waals surface area contributed by atoms with E-state index in [1.165, 1.54) is 24.3 Å². The molecule has 31 heavy (non-hydrogen) atoms. The first-order valence-electron chi connectivity index (χ1n) is 10.2. The number of carbonyl (C=O) groups excluding carboxylic acids is 2. The highest BCUT2D eigenvalue weighted by molar-refractivity contribution is 7.89. The second-order valence-electron chi connectivity index (χ2n) is 7.84. The van der Waals surface area contributed by atoms with Gasteiger partial charge in [-0.1, -0.05) is 19.3 Å². The van der Waals surface area contributed by atoms with Crippen molar-refractivity contribution >= 4 is 27.5 Å². The summed E-state index contributed by atoms with van der Waals surface area (Å²) in [5, 5.41) is 0. The van der Waals surface area contributed by atoms with E-state index in [0.717, 1.165) is 52.7 Å². The minimum absolute atomic E-state index is 0.125.